The van der Waals surface area contributed by atoms with E-state index in [1.165, 1.54) is 11.8 Å². The van der Waals surface area contributed by atoms with Crippen LogP contribution in [0.2, 0.25) is 0 Å². The molecule has 0 bridgehead atoms. The SMILES string of the molecule is CC(=O)C(=O)N1CCCC(C(=O)NC(C)C)C1C(=O)NC(C)C. The number of likely N-dealkylation sites (tertiary alicyclic amines) is 1. The van der Waals surface area contributed by atoms with Crippen molar-refractivity contribution < 1.29 is 19.2 Å². The van der Waals surface area contributed by atoms with E-state index in [0.29, 0.717) is 19.4 Å². The van der Waals surface area contributed by atoms with E-state index < -0.39 is 29.6 Å². The third-order valence-electron chi connectivity index (χ3n) is 3.66. The van der Waals surface area contributed by atoms with Gasteiger partial charge in [-0.1, -0.05) is 0 Å². The lowest BCUT2D eigenvalue weighted by molar-refractivity contribution is -0.153. The molecule has 2 N–H and O–H groups in total. The molecular formula is C16H27N3O4. The lowest BCUT2D eigenvalue weighted by Gasteiger charge is -2.39. The summed E-state index contributed by atoms with van der Waals surface area (Å²) < 4.78 is 0. The highest BCUT2D eigenvalue weighted by atomic mass is 16.2. The zero-order chi connectivity index (χ0) is 17.7. The van der Waals surface area contributed by atoms with Gasteiger partial charge in [0.05, 0.1) is 5.92 Å². The minimum Gasteiger partial charge on any atom is -0.354 e. The van der Waals surface area contributed by atoms with Gasteiger partial charge in [-0.15, -0.1) is 0 Å². The van der Waals surface area contributed by atoms with Gasteiger partial charge in [0.1, 0.15) is 6.04 Å². The minimum atomic E-state index is -0.943. The van der Waals surface area contributed by atoms with Gasteiger partial charge in [0, 0.05) is 25.6 Å². The number of hydrogen-bond acceptors (Lipinski definition) is 4. The van der Waals surface area contributed by atoms with Crippen LogP contribution < -0.4 is 10.6 Å². The summed E-state index contributed by atoms with van der Waals surface area (Å²) in [7, 11) is 0. The predicted octanol–water partition coefficient (Wildman–Crippen LogP) is 0.232. The van der Waals surface area contributed by atoms with Crippen molar-refractivity contribution in [3.63, 3.8) is 0 Å². The number of carbonyl (C=O) groups is 4. The highest BCUT2D eigenvalue weighted by molar-refractivity contribution is 6.35. The number of ketones is 1. The molecule has 0 aromatic heterocycles. The molecule has 7 heteroatoms. The molecule has 1 aliphatic heterocycles. The van der Waals surface area contributed by atoms with E-state index in [2.05, 4.69) is 10.6 Å². The van der Waals surface area contributed by atoms with Crippen LogP contribution in [0.15, 0.2) is 0 Å². The summed E-state index contributed by atoms with van der Waals surface area (Å²) in [6.07, 6.45) is 1.09. The van der Waals surface area contributed by atoms with Gasteiger partial charge >= 0.3 is 0 Å². The van der Waals surface area contributed by atoms with E-state index in [0.717, 1.165) is 0 Å². The summed E-state index contributed by atoms with van der Waals surface area (Å²) in [5, 5.41) is 5.55. The van der Waals surface area contributed by atoms with Crippen molar-refractivity contribution in [2.24, 2.45) is 5.92 Å². The van der Waals surface area contributed by atoms with Crippen molar-refractivity contribution in [2.75, 3.05) is 6.54 Å². The third kappa shape index (κ3) is 5.04. The van der Waals surface area contributed by atoms with Crippen molar-refractivity contribution in [3.8, 4) is 0 Å². The molecular weight excluding hydrogens is 298 g/mol. The van der Waals surface area contributed by atoms with Crippen LogP contribution in [0.4, 0.5) is 0 Å². The van der Waals surface area contributed by atoms with Crippen LogP contribution in [0, 0.1) is 5.92 Å². The largest absolute Gasteiger partial charge is 0.354 e. The van der Waals surface area contributed by atoms with Gasteiger partial charge in [-0.3, -0.25) is 19.2 Å². The molecule has 1 heterocycles. The maximum absolute atomic E-state index is 12.6. The van der Waals surface area contributed by atoms with Crippen LogP contribution in [0.3, 0.4) is 0 Å². The number of hydrogen-bond donors (Lipinski definition) is 2. The molecule has 2 atom stereocenters. The maximum atomic E-state index is 12.6. The average Bonchev–Trinajstić information content (AvgIpc) is 2.43. The van der Waals surface area contributed by atoms with Gasteiger partial charge in [0.25, 0.3) is 5.91 Å². The van der Waals surface area contributed by atoms with Crippen LogP contribution in [0.25, 0.3) is 0 Å². The molecule has 7 nitrogen and oxygen atoms in total. The summed E-state index contributed by atoms with van der Waals surface area (Å²) >= 11 is 0. The first-order chi connectivity index (χ1) is 10.6. The van der Waals surface area contributed by atoms with Gasteiger partial charge < -0.3 is 15.5 Å². The molecule has 1 aliphatic rings. The number of Topliss-reactive ketones (excluding diaryl/α,β-unsaturated/α-hetero) is 1. The van der Waals surface area contributed by atoms with Crippen molar-refractivity contribution in [1.82, 2.24) is 15.5 Å². The smallest absolute Gasteiger partial charge is 0.290 e. The molecule has 23 heavy (non-hydrogen) atoms. The molecule has 3 amide bonds. The molecule has 0 spiro atoms. The Labute approximate surface area is 137 Å². The second-order valence-electron chi connectivity index (χ2n) is 6.57. The molecule has 1 fully saturated rings. The van der Waals surface area contributed by atoms with E-state index in [1.807, 2.05) is 13.8 Å². The maximum Gasteiger partial charge on any atom is 0.290 e. The van der Waals surface area contributed by atoms with Crippen LogP contribution >= 0.6 is 0 Å². The Morgan fingerprint density at radius 1 is 0.957 bits per heavy atom. The normalized spacial score (nSPS) is 21.3. The molecule has 130 valence electrons. The lowest BCUT2D eigenvalue weighted by atomic mass is 9.87. The van der Waals surface area contributed by atoms with Gasteiger partial charge in [0.2, 0.25) is 17.6 Å². The number of nitrogens with zero attached hydrogens (tertiary/aromatic N) is 1. The molecule has 0 aliphatic carbocycles. The summed E-state index contributed by atoms with van der Waals surface area (Å²) in [6.45, 7) is 8.77. The van der Waals surface area contributed by atoms with E-state index >= 15 is 0 Å². The van der Waals surface area contributed by atoms with Crippen LogP contribution in [-0.2, 0) is 19.2 Å². The first-order valence-electron chi connectivity index (χ1n) is 8.07. The Bertz CT molecular complexity index is 488. The number of amides is 3. The Kier molecular flexibility index (Phi) is 6.72. The highest BCUT2D eigenvalue weighted by Gasteiger charge is 2.43. The Morgan fingerprint density at radius 2 is 1.48 bits per heavy atom. The van der Waals surface area contributed by atoms with Gasteiger partial charge in [-0.25, -0.2) is 0 Å². The van der Waals surface area contributed by atoms with Crippen LogP contribution in [0.1, 0.15) is 47.5 Å². The zero-order valence-electron chi connectivity index (χ0n) is 14.5. The summed E-state index contributed by atoms with van der Waals surface area (Å²) in [6, 6.07) is -1.12. The van der Waals surface area contributed by atoms with Crippen LogP contribution in [-0.4, -0.2) is 53.1 Å². The Morgan fingerprint density at radius 3 is 1.96 bits per heavy atom. The van der Waals surface area contributed by atoms with Gasteiger partial charge in [-0.2, -0.15) is 0 Å². The lowest BCUT2D eigenvalue weighted by Crippen LogP contribution is -2.61. The van der Waals surface area contributed by atoms with Crippen molar-refractivity contribution in [3.05, 3.63) is 0 Å². The summed E-state index contributed by atoms with van der Waals surface area (Å²) in [4.78, 5) is 49.8. The van der Waals surface area contributed by atoms with Gasteiger partial charge in [0.15, 0.2) is 0 Å². The molecule has 0 aromatic rings. The van der Waals surface area contributed by atoms with Crippen LogP contribution in [0.5, 0.6) is 0 Å². The third-order valence-corrected chi connectivity index (χ3v) is 3.66. The monoisotopic (exact) mass is 325 g/mol. The number of piperidine rings is 1. The topological polar surface area (TPSA) is 95.6 Å². The summed E-state index contributed by atoms with van der Waals surface area (Å²) in [5.41, 5.74) is 0. The van der Waals surface area contributed by atoms with Crippen molar-refractivity contribution in [1.29, 1.82) is 0 Å². The fraction of sp³-hybridized carbons (Fsp3) is 0.750. The van der Waals surface area contributed by atoms with E-state index in [-0.39, 0.29) is 18.0 Å². The molecule has 1 saturated heterocycles. The van der Waals surface area contributed by atoms with Gasteiger partial charge in [-0.05, 0) is 40.5 Å². The molecule has 2 unspecified atom stereocenters. The first kappa shape index (κ1) is 19.1. The molecule has 0 aromatic carbocycles. The van der Waals surface area contributed by atoms with E-state index in [4.69, 9.17) is 0 Å². The summed E-state index contributed by atoms with van der Waals surface area (Å²) in [5.74, 6) is -2.63. The minimum absolute atomic E-state index is 0.0600. The Balaban J connectivity index is 3.10. The number of nitrogens with one attached hydrogen (secondary N) is 2. The predicted molar refractivity (Wildman–Crippen MR) is 85.5 cm³/mol. The molecule has 1 rings (SSSR count). The first-order valence-corrected chi connectivity index (χ1v) is 8.07. The Hall–Kier alpha value is -1.92. The standard InChI is InChI=1S/C16H27N3O4/c1-9(2)17-14(21)12-7-6-8-19(16(23)11(5)20)13(12)15(22)18-10(3)4/h9-10,12-13H,6-8H2,1-5H3,(H,17,21)(H,18,22). The fourth-order valence-electron chi connectivity index (χ4n) is 2.79. The fourth-order valence-corrected chi connectivity index (χ4v) is 2.79. The van der Waals surface area contributed by atoms with Crippen molar-refractivity contribution >= 4 is 23.5 Å². The zero-order valence-corrected chi connectivity index (χ0v) is 14.5. The van der Waals surface area contributed by atoms with E-state index in [9.17, 15) is 19.2 Å². The molecule has 0 saturated carbocycles. The van der Waals surface area contributed by atoms with Crippen molar-refractivity contribution in [2.45, 2.75) is 65.6 Å². The second kappa shape index (κ2) is 8.08. The van der Waals surface area contributed by atoms with E-state index in [1.54, 1.807) is 13.8 Å². The average molecular weight is 325 g/mol. The number of carbonyl (C=O) groups excluding carboxylic acids is 4. The number of rotatable bonds is 5. The quantitative estimate of drug-likeness (QED) is 0.707. The molecule has 0 radical (unpaired) electrons. The highest BCUT2D eigenvalue weighted by Crippen LogP contribution is 2.25. The second-order valence-corrected chi connectivity index (χ2v) is 6.57.